The quantitative estimate of drug-likeness (QED) is 0.709. The van der Waals surface area contributed by atoms with Gasteiger partial charge in [-0.2, -0.15) is 0 Å². The highest BCUT2D eigenvalue weighted by atomic mass is 32.2. The Labute approximate surface area is 142 Å². The van der Waals surface area contributed by atoms with Crippen molar-refractivity contribution < 1.29 is 13.6 Å². The van der Waals surface area contributed by atoms with Gasteiger partial charge in [0.2, 0.25) is 11.8 Å². The summed E-state index contributed by atoms with van der Waals surface area (Å²) in [6.45, 7) is 1.71. The van der Waals surface area contributed by atoms with Gasteiger partial charge in [-0.1, -0.05) is 36.0 Å². The van der Waals surface area contributed by atoms with Crippen LogP contribution in [0.3, 0.4) is 0 Å². The molecule has 0 saturated heterocycles. The van der Waals surface area contributed by atoms with E-state index in [1.54, 1.807) is 13.0 Å². The molecule has 0 aliphatic heterocycles. The molecule has 7 heteroatoms. The lowest BCUT2D eigenvalue weighted by Crippen LogP contribution is -2.22. The standard InChI is InChI=1S/C17H14FN3O2S/c1-11(15(22)19-14-9-5-8-13(18)10-14)24-17-21-20-16(23-17)12-6-3-2-4-7-12/h2-11H,1H3,(H,19,22)/t11-/m0/s1. The number of thioether (sulfide) groups is 1. The third kappa shape index (κ3) is 3.99. The molecular formula is C17H14FN3O2S. The Kier molecular flexibility index (Phi) is 4.90. The molecule has 0 unspecified atom stereocenters. The van der Waals surface area contributed by atoms with Crippen LogP contribution in [0.1, 0.15) is 6.92 Å². The monoisotopic (exact) mass is 343 g/mol. The van der Waals surface area contributed by atoms with E-state index in [1.807, 2.05) is 30.3 Å². The highest BCUT2D eigenvalue weighted by Gasteiger charge is 2.19. The Bertz CT molecular complexity index is 839. The number of halogens is 1. The molecule has 0 aliphatic rings. The van der Waals surface area contributed by atoms with Crippen molar-refractivity contribution in [2.24, 2.45) is 0 Å². The minimum Gasteiger partial charge on any atom is -0.411 e. The number of carbonyl (C=O) groups is 1. The van der Waals surface area contributed by atoms with Gasteiger partial charge in [-0.15, -0.1) is 10.2 Å². The maximum Gasteiger partial charge on any atom is 0.277 e. The number of anilines is 1. The Hall–Kier alpha value is -2.67. The summed E-state index contributed by atoms with van der Waals surface area (Å²) < 4.78 is 18.7. The first-order valence-electron chi connectivity index (χ1n) is 7.24. The molecule has 0 aliphatic carbocycles. The van der Waals surface area contributed by atoms with E-state index in [2.05, 4.69) is 15.5 Å². The molecule has 122 valence electrons. The number of nitrogens with zero attached hydrogens (tertiary/aromatic N) is 2. The van der Waals surface area contributed by atoms with Crippen molar-refractivity contribution in [1.29, 1.82) is 0 Å². The van der Waals surface area contributed by atoms with E-state index in [1.165, 1.54) is 18.2 Å². The van der Waals surface area contributed by atoms with Crippen LogP contribution in [0, 0.1) is 5.82 Å². The summed E-state index contributed by atoms with van der Waals surface area (Å²) in [6, 6.07) is 15.1. The van der Waals surface area contributed by atoms with E-state index >= 15 is 0 Å². The van der Waals surface area contributed by atoms with Gasteiger partial charge in [-0.05, 0) is 37.3 Å². The number of aromatic nitrogens is 2. The Balaban J connectivity index is 1.63. The van der Waals surface area contributed by atoms with Crippen LogP contribution in [-0.2, 0) is 4.79 Å². The zero-order valence-electron chi connectivity index (χ0n) is 12.8. The third-order valence-corrected chi connectivity index (χ3v) is 4.10. The van der Waals surface area contributed by atoms with Crippen molar-refractivity contribution in [1.82, 2.24) is 10.2 Å². The molecule has 0 saturated carbocycles. The van der Waals surface area contributed by atoms with Crippen molar-refractivity contribution in [2.75, 3.05) is 5.32 Å². The summed E-state index contributed by atoms with van der Waals surface area (Å²) in [5.41, 5.74) is 1.22. The van der Waals surface area contributed by atoms with E-state index in [9.17, 15) is 9.18 Å². The van der Waals surface area contributed by atoms with Gasteiger partial charge in [0.25, 0.3) is 5.22 Å². The van der Waals surface area contributed by atoms with Gasteiger partial charge in [0.1, 0.15) is 5.82 Å². The van der Waals surface area contributed by atoms with Crippen LogP contribution in [0.25, 0.3) is 11.5 Å². The summed E-state index contributed by atoms with van der Waals surface area (Å²) in [4.78, 5) is 12.2. The number of carbonyl (C=O) groups excluding carboxylic acids is 1. The van der Waals surface area contributed by atoms with E-state index < -0.39 is 11.1 Å². The van der Waals surface area contributed by atoms with Gasteiger partial charge in [0.15, 0.2) is 0 Å². The number of amides is 1. The van der Waals surface area contributed by atoms with Crippen LogP contribution >= 0.6 is 11.8 Å². The maximum atomic E-state index is 13.1. The average molecular weight is 343 g/mol. The lowest BCUT2D eigenvalue weighted by Gasteiger charge is -2.09. The summed E-state index contributed by atoms with van der Waals surface area (Å²) in [7, 11) is 0. The molecule has 1 amide bonds. The van der Waals surface area contributed by atoms with E-state index in [-0.39, 0.29) is 5.91 Å². The van der Waals surface area contributed by atoms with E-state index in [4.69, 9.17) is 4.42 Å². The van der Waals surface area contributed by atoms with Crippen molar-refractivity contribution in [2.45, 2.75) is 17.4 Å². The summed E-state index contributed by atoms with van der Waals surface area (Å²) >= 11 is 1.14. The molecule has 3 rings (SSSR count). The molecule has 1 aromatic heterocycles. The fourth-order valence-electron chi connectivity index (χ4n) is 1.97. The molecule has 3 aromatic rings. The molecule has 1 N–H and O–H groups in total. The van der Waals surface area contributed by atoms with E-state index in [0.717, 1.165) is 17.3 Å². The number of hydrogen-bond acceptors (Lipinski definition) is 5. The number of benzene rings is 2. The Morgan fingerprint density at radius 1 is 1.17 bits per heavy atom. The van der Waals surface area contributed by atoms with Gasteiger partial charge < -0.3 is 9.73 Å². The normalized spacial score (nSPS) is 11.9. The largest absolute Gasteiger partial charge is 0.411 e. The average Bonchev–Trinajstić information content (AvgIpc) is 3.04. The number of nitrogens with one attached hydrogen (secondary N) is 1. The molecule has 5 nitrogen and oxygen atoms in total. The van der Waals surface area contributed by atoms with Crippen molar-refractivity contribution in [3.63, 3.8) is 0 Å². The summed E-state index contributed by atoms with van der Waals surface area (Å²) in [5.74, 6) is -0.279. The zero-order chi connectivity index (χ0) is 16.9. The van der Waals surface area contributed by atoms with Crippen molar-refractivity contribution in [3.8, 4) is 11.5 Å². The van der Waals surface area contributed by atoms with Gasteiger partial charge in [0.05, 0.1) is 5.25 Å². The molecule has 0 spiro atoms. The number of hydrogen-bond donors (Lipinski definition) is 1. The SMILES string of the molecule is C[C@H](Sc1nnc(-c2ccccc2)o1)C(=O)Nc1cccc(F)c1. The highest BCUT2D eigenvalue weighted by Crippen LogP contribution is 2.26. The molecule has 2 aromatic carbocycles. The lowest BCUT2D eigenvalue weighted by atomic mass is 10.2. The predicted molar refractivity (Wildman–Crippen MR) is 90.1 cm³/mol. The molecule has 0 fully saturated rings. The number of rotatable bonds is 5. The summed E-state index contributed by atoms with van der Waals surface area (Å²) in [5, 5.41) is 10.4. The summed E-state index contributed by atoms with van der Waals surface area (Å²) in [6.07, 6.45) is 0. The first-order valence-corrected chi connectivity index (χ1v) is 8.12. The third-order valence-electron chi connectivity index (χ3n) is 3.17. The van der Waals surface area contributed by atoms with Gasteiger partial charge >= 0.3 is 0 Å². The topological polar surface area (TPSA) is 68.0 Å². The smallest absolute Gasteiger partial charge is 0.277 e. The van der Waals surface area contributed by atoms with Gasteiger partial charge in [-0.25, -0.2) is 4.39 Å². The predicted octanol–water partition coefficient (Wildman–Crippen LogP) is 4.00. The van der Waals surface area contributed by atoms with Crippen LogP contribution in [0.4, 0.5) is 10.1 Å². The minimum absolute atomic E-state index is 0.273. The van der Waals surface area contributed by atoms with Crippen molar-refractivity contribution in [3.05, 3.63) is 60.4 Å². The maximum absolute atomic E-state index is 13.1. The minimum atomic E-state index is -0.475. The van der Waals surface area contributed by atoms with Crippen LogP contribution in [0.15, 0.2) is 64.2 Å². The first-order chi connectivity index (χ1) is 11.6. The second-order valence-corrected chi connectivity index (χ2v) is 6.29. The van der Waals surface area contributed by atoms with Gasteiger partial charge in [0, 0.05) is 11.3 Å². The van der Waals surface area contributed by atoms with E-state index in [0.29, 0.717) is 16.8 Å². The molecule has 1 heterocycles. The molecule has 0 radical (unpaired) electrons. The first kappa shape index (κ1) is 16.2. The Morgan fingerprint density at radius 3 is 2.71 bits per heavy atom. The van der Waals surface area contributed by atoms with Crippen LogP contribution < -0.4 is 5.32 Å². The highest BCUT2D eigenvalue weighted by molar-refractivity contribution is 8.00. The molecule has 24 heavy (non-hydrogen) atoms. The van der Waals surface area contributed by atoms with Crippen LogP contribution in [-0.4, -0.2) is 21.4 Å². The lowest BCUT2D eigenvalue weighted by molar-refractivity contribution is -0.115. The Morgan fingerprint density at radius 2 is 1.96 bits per heavy atom. The van der Waals surface area contributed by atoms with Crippen LogP contribution in [0.2, 0.25) is 0 Å². The fourth-order valence-corrected chi connectivity index (χ4v) is 2.65. The molecular weight excluding hydrogens is 329 g/mol. The molecule has 1 atom stereocenters. The van der Waals surface area contributed by atoms with Gasteiger partial charge in [-0.3, -0.25) is 4.79 Å². The second-order valence-electron chi connectivity index (χ2n) is 5.00. The zero-order valence-corrected chi connectivity index (χ0v) is 13.6. The second kappa shape index (κ2) is 7.27. The van der Waals surface area contributed by atoms with Crippen LogP contribution in [0.5, 0.6) is 0 Å². The van der Waals surface area contributed by atoms with Crippen molar-refractivity contribution >= 4 is 23.4 Å². The fraction of sp³-hybridized carbons (Fsp3) is 0.118. The molecule has 0 bridgehead atoms.